The summed E-state index contributed by atoms with van der Waals surface area (Å²) in [6.45, 7) is 3.65. The summed E-state index contributed by atoms with van der Waals surface area (Å²) in [6.07, 6.45) is 0. The molecule has 0 spiro atoms. The predicted molar refractivity (Wildman–Crippen MR) is 73.1 cm³/mol. The number of aromatic nitrogens is 1. The molecule has 6 heteroatoms. The fraction of sp³-hybridized carbons (Fsp3) is 0.286. The molecule has 5 nitrogen and oxygen atoms in total. The molecular weight excluding hydrogens is 282 g/mol. The monoisotopic (exact) mass is 295 g/mol. The first kappa shape index (κ1) is 14.4. The van der Waals surface area contributed by atoms with Crippen molar-refractivity contribution in [2.24, 2.45) is 0 Å². The van der Waals surface area contributed by atoms with Crippen molar-refractivity contribution >= 4 is 17.6 Å². The smallest absolute Gasteiger partial charge is 0.342 e. The topological polar surface area (TPSA) is 61.6 Å². The molecular formula is C14H14ClNO4. The van der Waals surface area contributed by atoms with Crippen LogP contribution in [0, 0.1) is 13.8 Å². The number of hydrogen-bond donors (Lipinski definition) is 0. The average molecular weight is 296 g/mol. The number of hydrogen-bond acceptors (Lipinski definition) is 5. The lowest BCUT2D eigenvalue weighted by Gasteiger charge is -2.09. The third kappa shape index (κ3) is 2.93. The Labute approximate surface area is 121 Å². The summed E-state index contributed by atoms with van der Waals surface area (Å²) in [6, 6.07) is 4.77. The second kappa shape index (κ2) is 5.96. The van der Waals surface area contributed by atoms with Gasteiger partial charge in [-0.05, 0) is 32.0 Å². The zero-order chi connectivity index (χ0) is 14.7. The number of rotatable bonds is 4. The van der Waals surface area contributed by atoms with Crippen molar-refractivity contribution < 1.29 is 18.8 Å². The molecule has 0 fully saturated rings. The lowest BCUT2D eigenvalue weighted by molar-refractivity contribution is 0.0467. The Kier molecular flexibility index (Phi) is 4.29. The van der Waals surface area contributed by atoms with Crippen molar-refractivity contribution in [2.75, 3.05) is 7.11 Å². The van der Waals surface area contributed by atoms with Crippen molar-refractivity contribution in [2.45, 2.75) is 20.5 Å². The van der Waals surface area contributed by atoms with Crippen molar-refractivity contribution in [1.29, 1.82) is 0 Å². The molecule has 0 aliphatic heterocycles. The molecule has 1 heterocycles. The number of carbonyl (C=O) groups is 1. The zero-order valence-electron chi connectivity index (χ0n) is 11.4. The fourth-order valence-electron chi connectivity index (χ4n) is 1.76. The van der Waals surface area contributed by atoms with Gasteiger partial charge in [0.25, 0.3) is 0 Å². The summed E-state index contributed by atoms with van der Waals surface area (Å²) in [7, 11) is 1.48. The van der Waals surface area contributed by atoms with Crippen molar-refractivity contribution in [3.63, 3.8) is 0 Å². The quantitative estimate of drug-likeness (QED) is 0.810. The van der Waals surface area contributed by atoms with Gasteiger partial charge in [0, 0.05) is 5.02 Å². The number of ether oxygens (including phenoxy) is 2. The van der Waals surface area contributed by atoms with Gasteiger partial charge in [0.1, 0.15) is 23.7 Å². The normalized spacial score (nSPS) is 10.4. The summed E-state index contributed by atoms with van der Waals surface area (Å²) in [4.78, 5) is 12.1. The highest BCUT2D eigenvalue weighted by Gasteiger charge is 2.17. The van der Waals surface area contributed by atoms with Crippen LogP contribution in [0.3, 0.4) is 0 Å². The Morgan fingerprint density at radius 1 is 1.40 bits per heavy atom. The Morgan fingerprint density at radius 3 is 2.75 bits per heavy atom. The standard InChI is InChI=1S/C14H14ClNO4/c1-8-12(9(2)20-16-8)7-19-14(17)11-6-10(15)4-5-13(11)18-3/h4-6H,7H2,1-3H3. The number of methoxy groups -OCH3 is 1. The Hall–Kier alpha value is -2.01. The number of halogens is 1. The summed E-state index contributed by atoms with van der Waals surface area (Å²) in [5, 5.41) is 4.24. The fourth-order valence-corrected chi connectivity index (χ4v) is 1.94. The number of esters is 1. The largest absolute Gasteiger partial charge is 0.496 e. The van der Waals surface area contributed by atoms with E-state index in [0.717, 1.165) is 5.56 Å². The highest BCUT2D eigenvalue weighted by molar-refractivity contribution is 6.31. The van der Waals surface area contributed by atoms with Gasteiger partial charge in [-0.2, -0.15) is 0 Å². The van der Waals surface area contributed by atoms with Crippen LogP contribution in [-0.4, -0.2) is 18.2 Å². The van der Waals surface area contributed by atoms with E-state index in [-0.39, 0.29) is 12.2 Å². The molecule has 0 saturated heterocycles. The van der Waals surface area contributed by atoms with E-state index < -0.39 is 5.97 Å². The maximum absolute atomic E-state index is 12.1. The van der Waals surface area contributed by atoms with E-state index >= 15 is 0 Å². The molecule has 0 bridgehead atoms. The van der Waals surface area contributed by atoms with Crippen molar-refractivity contribution in [3.8, 4) is 5.75 Å². The second-order valence-corrected chi connectivity index (χ2v) is 4.66. The van der Waals surface area contributed by atoms with E-state index in [1.165, 1.54) is 13.2 Å². The van der Waals surface area contributed by atoms with Crippen LogP contribution in [0.5, 0.6) is 5.75 Å². The number of carbonyl (C=O) groups excluding carboxylic acids is 1. The first-order chi connectivity index (χ1) is 9.52. The third-order valence-electron chi connectivity index (χ3n) is 2.91. The molecule has 2 aromatic rings. The molecule has 2 rings (SSSR count). The van der Waals surface area contributed by atoms with Gasteiger partial charge in [-0.1, -0.05) is 16.8 Å². The molecule has 0 radical (unpaired) electrons. The lowest BCUT2D eigenvalue weighted by atomic mass is 10.2. The number of nitrogens with zero attached hydrogens (tertiary/aromatic N) is 1. The van der Waals surface area contributed by atoms with Crippen LogP contribution in [0.2, 0.25) is 5.02 Å². The lowest BCUT2D eigenvalue weighted by Crippen LogP contribution is -2.08. The minimum atomic E-state index is -0.510. The van der Waals surface area contributed by atoms with Gasteiger partial charge in [-0.15, -0.1) is 0 Å². The van der Waals surface area contributed by atoms with Crippen molar-refractivity contribution in [3.05, 3.63) is 45.8 Å². The van der Waals surface area contributed by atoms with Gasteiger partial charge in [0.05, 0.1) is 18.4 Å². The minimum Gasteiger partial charge on any atom is -0.496 e. The molecule has 0 unspecified atom stereocenters. The van der Waals surface area contributed by atoms with Gasteiger partial charge in [-0.25, -0.2) is 4.79 Å². The van der Waals surface area contributed by atoms with Crippen LogP contribution in [0.1, 0.15) is 27.4 Å². The molecule has 106 valence electrons. The van der Waals surface area contributed by atoms with Gasteiger partial charge in [0.15, 0.2) is 0 Å². The molecule has 0 aliphatic rings. The van der Waals surface area contributed by atoms with Crippen LogP contribution in [0.15, 0.2) is 22.7 Å². The Balaban J connectivity index is 2.15. The first-order valence-corrected chi connectivity index (χ1v) is 6.33. The van der Waals surface area contributed by atoms with Crippen molar-refractivity contribution in [1.82, 2.24) is 5.16 Å². The van der Waals surface area contributed by atoms with Crippen LogP contribution in [0.25, 0.3) is 0 Å². The molecule has 0 N–H and O–H groups in total. The zero-order valence-corrected chi connectivity index (χ0v) is 12.2. The van der Waals surface area contributed by atoms with Gasteiger partial charge < -0.3 is 14.0 Å². The number of aryl methyl sites for hydroxylation is 2. The van der Waals surface area contributed by atoms with E-state index in [0.29, 0.717) is 22.2 Å². The molecule has 0 aliphatic carbocycles. The molecule has 20 heavy (non-hydrogen) atoms. The van der Waals surface area contributed by atoms with Crippen LogP contribution in [0.4, 0.5) is 0 Å². The van der Waals surface area contributed by atoms with Gasteiger partial charge in [0.2, 0.25) is 0 Å². The van der Waals surface area contributed by atoms with Crippen LogP contribution < -0.4 is 4.74 Å². The molecule has 0 atom stereocenters. The van der Waals surface area contributed by atoms with E-state index in [1.807, 2.05) is 0 Å². The Morgan fingerprint density at radius 2 is 2.15 bits per heavy atom. The second-order valence-electron chi connectivity index (χ2n) is 4.22. The summed E-state index contributed by atoms with van der Waals surface area (Å²) >= 11 is 5.88. The molecule has 0 saturated carbocycles. The average Bonchev–Trinajstić information content (AvgIpc) is 2.75. The highest BCUT2D eigenvalue weighted by atomic mass is 35.5. The van der Waals surface area contributed by atoms with E-state index in [9.17, 15) is 4.79 Å². The predicted octanol–water partition coefficient (Wildman–Crippen LogP) is 3.31. The number of benzene rings is 1. The van der Waals surface area contributed by atoms with Crippen LogP contribution in [-0.2, 0) is 11.3 Å². The summed E-state index contributed by atoms with van der Waals surface area (Å²) in [5.74, 6) is 0.538. The molecule has 1 aromatic carbocycles. The maximum atomic E-state index is 12.1. The Bertz CT molecular complexity index is 617. The highest BCUT2D eigenvalue weighted by Crippen LogP contribution is 2.24. The van der Waals surface area contributed by atoms with Gasteiger partial charge >= 0.3 is 5.97 Å². The minimum absolute atomic E-state index is 0.0929. The molecule has 1 aromatic heterocycles. The summed E-state index contributed by atoms with van der Waals surface area (Å²) in [5.41, 5.74) is 1.75. The SMILES string of the molecule is COc1ccc(Cl)cc1C(=O)OCc1c(C)noc1C. The van der Waals surface area contributed by atoms with E-state index in [4.69, 9.17) is 25.6 Å². The van der Waals surface area contributed by atoms with Gasteiger partial charge in [-0.3, -0.25) is 0 Å². The summed E-state index contributed by atoms with van der Waals surface area (Å²) < 4.78 is 15.4. The third-order valence-corrected chi connectivity index (χ3v) is 3.15. The van der Waals surface area contributed by atoms with Crippen LogP contribution >= 0.6 is 11.6 Å². The molecule has 0 amide bonds. The van der Waals surface area contributed by atoms with E-state index in [2.05, 4.69) is 5.16 Å². The first-order valence-electron chi connectivity index (χ1n) is 5.95. The maximum Gasteiger partial charge on any atom is 0.342 e. The van der Waals surface area contributed by atoms with E-state index in [1.54, 1.807) is 26.0 Å².